The van der Waals surface area contributed by atoms with Gasteiger partial charge in [0.05, 0.1) is 12.6 Å². The molecule has 0 radical (unpaired) electrons. The summed E-state index contributed by atoms with van der Waals surface area (Å²) < 4.78 is 5.06. The van der Waals surface area contributed by atoms with E-state index in [4.69, 9.17) is 10.5 Å². The number of ether oxygens (including phenoxy) is 1. The standard InChI is InChI=1S/C13H19N3O3S2/c1-3-19-13(18)10-7-20-5-4-16(10)12(17)9-6-21-11(15-9)8(2)14/h6,8,10H,3-5,7,14H2,1-2H3. The van der Waals surface area contributed by atoms with Crippen LogP contribution in [0.1, 0.15) is 35.4 Å². The molecule has 2 unspecified atom stereocenters. The molecule has 0 bridgehead atoms. The summed E-state index contributed by atoms with van der Waals surface area (Å²) in [5.74, 6) is 0.804. The van der Waals surface area contributed by atoms with Gasteiger partial charge in [-0.2, -0.15) is 11.8 Å². The second-order valence-corrected chi connectivity index (χ2v) is 6.74. The zero-order chi connectivity index (χ0) is 15.4. The van der Waals surface area contributed by atoms with Gasteiger partial charge in [-0.1, -0.05) is 0 Å². The first-order valence-electron chi connectivity index (χ1n) is 6.81. The number of carbonyl (C=O) groups excluding carboxylic acids is 2. The number of esters is 1. The maximum atomic E-state index is 12.6. The number of thiazole rings is 1. The number of carbonyl (C=O) groups is 2. The van der Waals surface area contributed by atoms with E-state index < -0.39 is 6.04 Å². The molecule has 1 aliphatic rings. The molecule has 21 heavy (non-hydrogen) atoms. The van der Waals surface area contributed by atoms with Crippen molar-refractivity contribution < 1.29 is 14.3 Å². The van der Waals surface area contributed by atoms with Crippen molar-refractivity contribution in [1.82, 2.24) is 9.88 Å². The van der Waals surface area contributed by atoms with Gasteiger partial charge in [-0.25, -0.2) is 9.78 Å². The van der Waals surface area contributed by atoms with Crippen LogP contribution < -0.4 is 5.73 Å². The van der Waals surface area contributed by atoms with Crippen molar-refractivity contribution in [3.8, 4) is 0 Å². The summed E-state index contributed by atoms with van der Waals surface area (Å²) in [5.41, 5.74) is 6.12. The predicted molar refractivity (Wildman–Crippen MR) is 83.5 cm³/mol. The summed E-state index contributed by atoms with van der Waals surface area (Å²) >= 11 is 3.02. The van der Waals surface area contributed by atoms with E-state index in [1.54, 1.807) is 29.0 Å². The Bertz CT molecular complexity index is 519. The third-order valence-corrected chi connectivity index (χ3v) is 5.15. The second-order valence-electron chi connectivity index (χ2n) is 4.70. The topological polar surface area (TPSA) is 85.5 Å². The fourth-order valence-electron chi connectivity index (χ4n) is 2.02. The molecule has 1 aromatic rings. The Balaban J connectivity index is 2.15. The lowest BCUT2D eigenvalue weighted by molar-refractivity contribution is -0.147. The van der Waals surface area contributed by atoms with Gasteiger partial charge < -0.3 is 15.4 Å². The molecular weight excluding hydrogens is 310 g/mol. The molecule has 1 fully saturated rings. The molecule has 2 atom stereocenters. The minimum absolute atomic E-state index is 0.200. The van der Waals surface area contributed by atoms with Crippen LogP contribution in [0.25, 0.3) is 0 Å². The van der Waals surface area contributed by atoms with Gasteiger partial charge in [-0.15, -0.1) is 11.3 Å². The largest absolute Gasteiger partial charge is 0.464 e. The van der Waals surface area contributed by atoms with Crippen LogP contribution in [0.4, 0.5) is 0 Å². The van der Waals surface area contributed by atoms with E-state index in [9.17, 15) is 9.59 Å². The Morgan fingerprint density at radius 2 is 2.38 bits per heavy atom. The highest BCUT2D eigenvalue weighted by atomic mass is 32.2. The number of aromatic nitrogens is 1. The fraction of sp³-hybridized carbons (Fsp3) is 0.615. The van der Waals surface area contributed by atoms with E-state index in [-0.39, 0.29) is 17.9 Å². The lowest BCUT2D eigenvalue weighted by Gasteiger charge is -2.33. The second kappa shape index (κ2) is 7.24. The van der Waals surface area contributed by atoms with Crippen molar-refractivity contribution in [2.75, 3.05) is 24.7 Å². The highest BCUT2D eigenvalue weighted by Crippen LogP contribution is 2.22. The molecule has 0 saturated carbocycles. The van der Waals surface area contributed by atoms with Crippen LogP contribution in [0.15, 0.2) is 5.38 Å². The van der Waals surface area contributed by atoms with Crippen LogP contribution in [0, 0.1) is 0 Å². The molecule has 116 valence electrons. The number of amides is 1. The molecule has 1 saturated heterocycles. The lowest BCUT2D eigenvalue weighted by Crippen LogP contribution is -2.51. The van der Waals surface area contributed by atoms with Gasteiger partial charge in [0.15, 0.2) is 0 Å². The monoisotopic (exact) mass is 329 g/mol. The number of nitrogens with two attached hydrogens (primary N) is 1. The van der Waals surface area contributed by atoms with E-state index in [2.05, 4.69) is 4.98 Å². The predicted octanol–water partition coefficient (Wildman–Crippen LogP) is 1.28. The van der Waals surface area contributed by atoms with Gasteiger partial charge >= 0.3 is 5.97 Å². The Hall–Kier alpha value is -1.12. The van der Waals surface area contributed by atoms with Crippen molar-refractivity contribution in [1.29, 1.82) is 0 Å². The van der Waals surface area contributed by atoms with E-state index in [1.165, 1.54) is 11.3 Å². The first kappa shape index (κ1) is 16.3. The molecule has 0 spiro atoms. The molecule has 0 aromatic carbocycles. The molecule has 0 aliphatic carbocycles. The molecule has 2 rings (SSSR count). The molecule has 2 heterocycles. The van der Waals surface area contributed by atoms with Crippen molar-refractivity contribution >= 4 is 35.0 Å². The molecule has 1 aromatic heterocycles. The third kappa shape index (κ3) is 3.75. The number of hydrogen-bond acceptors (Lipinski definition) is 7. The fourth-order valence-corrected chi connectivity index (χ4v) is 3.81. The lowest BCUT2D eigenvalue weighted by atomic mass is 10.2. The van der Waals surface area contributed by atoms with E-state index in [1.807, 2.05) is 6.92 Å². The number of hydrogen-bond donors (Lipinski definition) is 1. The van der Waals surface area contributed by atoms with Gasteiger partial charge in [0.1, 0.15) is 16.7 Å². The van der Waals surface area contributed by atoms with Crippen molar-refractivity contribution in [3.63, 3.8) is 0 Å². The molecule has 8 heteroatoms. The van der Waals surface area contributed by atoms with Gasteiger partial charge in [-0.05, 0) is 13.8 Å². The average molecular weight is 329 g/mol. The maximum absolute atomic E-state index is 12.6. The first-order chi connectivity index (χ1) is 10.0. The zero-order valence-corrected chi connectivity index (χ0v) is 13.7. The minimum Gasteiger partial charge on any atom is -0.464 e. The summed E-state index contributed by atoms with van der Waals surface area (Å²) in [6, 6.07) is -0.731. The van der Waals surface area contributed by atoms with E-state index in [0.29, 0.717) is 24.6 Å². The van der Waals surface area contributed by atoms with Gasteiger partial charge in [0.2, 0.25) is 0 Å². The average Bonchev–Trinajstić information content (AvgIpc) is 2.97. The summed E-state index contributed by atoms with van der Waals surface area (Å²) in [5, 5.41) is 2.42. The van der Waals surface area contributed by atoms with Crippen LogP contribution in [0.5, 0.6) is 0 Å². The highest BCUT2D eigenvalue weighted by Gasteiger charge is 2.34. The number of thioether (sulfide) groups is 1. The SMILES string of the molecule is CCOC(=O)C1CSCCN1C(=O)c1csc(C(C)N)n1. The van der Waals surface area contributed by atoms with Gasteiger partial charge in [0.25, 0.3) is 5.91 Å². The Labute approximate surface area is 132 Å². The number of rotatable bonds is 4. The van der Waals surface area contributed by atoms with Gasteiger partial charge in [0, 0.05) is 23.4 Å². The van der Waals surface area contributed by atoms with E-state index in [0.717, 1.165) is 10.8 Å². The normalized spacial score (nSPS) is 20.1. The number of nitrogens with zero attached hydrogens (tertiary/aromatic N) is 2. The molecule has 1 amide bonds. The molecule has 6 nitrogen and oxygen atoms in total. The first-order valence-corrected chi connectivity index (χ1v) is 8.84. The molecule has 2 N–H and O–H groups in total. The Morgan fingerprint density at radius 1 is 1.62 bits per heavy atom. The van der Waals surface area contributed by atoms with Crippen LogP contribution in [-0.2, 0) is 9.53 Å². The minimum atomic E-state index is -0.531. The molecule has 1 aliphatic heterocycles. The quantitative estimate of drug-likeness (QED) is 0.838. The van der Waals surface area contributed by atoms with Crippen molar-refractivity contribution in [2.45, 2.75) is 25.9 Å². The van der Waals surface area contributed by atoms with Gasteiger partial charge in [-0.3, -0.25) is 4.79 Å². The zero-order valence-electron chi connectivity index (χ0n) is 12.1. The smallest absolute Gasteiger partial charge is 0.329 e. The van der Waals surface area contributed by atoms with Crippen LogP contribution in [0.2, 0.25) is 0 Å². The van der Waals surface area contributed by atoms with Crippen LogP contribution >= 0.6 is 23.1 Å². The third-order valence-electron chi connectivity index (χ3n) is 3.08. The Kier molecular flexibility index (Phi) is 5.60. The van der Waals surface area contributed by atoms with Crippen molar-refractivity contribution in [3.05, 3.63) is 16.1 Å². The summed E-state index contributed by atoms with van der Waals surface area (Å²) in [4.78, 5) is 30.4. The summed E-state index contributed by atoms with van der Waals surface area (Å²) in [6.45, 7) is 4.42. The Morgan fingerprint density at radius 3 is 3.00 bits per heavy atom. The van der Waals surface area contributed by atoms with Crippen molar-refractivity contribution in [2.24, 2.45) is 5.73 Å². The summed E-state index contributed by atoms with van der Waals surface area (Å²) in [7, 11) is 0. The molecular formula is C13H19N3O3S2. The summed E-state index contributed by atoms with van der Waals surface area (Å²) in [6.07, 6.45) is 0. The van der Waals surface area contributed by atoms with Crippen LogP contribution in [0.3, 0.4) is 0 Å². The van der Waals surface area contributed by atoms with Crippen LogP contribution in [-0.4, -0.2) is 52.5 Å². The maximum Gasteiger partial charge on any atom is 0.329 e. The van der Waals surface area contributed by atoms with E-state index >= 15 is 0 Å². The highest BCUT2D eigenvalue weighted by molar-refractivity contribution is 7.99.